The standard InChI is InChI=1S/C17H27ClN2S/c1-2-19-15(13-14-7-8-16(18)21-14)17(9-3-4-10-17)20-11-5-6-12-20/h7-8,15,19H,2-6,9-13H2,1H3. The number of rotatable bonds is 6. The number of nitrogens with zero attached hydrogens (tertiary/aromatic N) is 1. The predicted octanol–water partition coefficient (Wildman–Crippen LogP) is 4.33. The summed E-state index contributed by atoms with van der Waals surface area (Å²) in [5.41, 5.74) is 0.392. The maximum atomic E-state index is 6.13. The molecule has 2 fully saturated rings. The molecule has 1 atom stereocenters. The van der Waals surface area contributed by atoms with Gasteiger partial charge in [0.1, 0.15) is 0 Å². The van der Waals surface area contributed by atoms with Crippen molar-refractivity contribution in [1.29, 1.82) is 0 Å². The summed E-state index contributed by atoms with van der Waals surface area (Å²) < 4.78 is 0.918. The van der Waals surface area contributed by atoms with Crippen LogP contribution in [0.5, 0.6) is 0 Å². The topological polar surface area (TPSA) is 15.3 Å². The molecule has 21 heavy (non-hydrogen) atoms. The van der Waals surface area contributed by atoms with E-state index in [1.54, 1.807) is 11.3 Å². The highest BCUT2D eigenvalue weighted by Gasteiger charge is 2.46. The minimum atomic E-state index is 0.392. The molecule has 1 unspecified atom stereocenters. The third-order valence-corrected chi connectivity index (χ3v) is 6.59. The van der Waals surface area contributed by atoms with Gasteiger partial charge >= 0.3 is 0 Å². The van der Waals surface area contributed by atoms with Crippen molar-refractivity contribution in [2.45, 2.75) is 63.5 Å². The van der Waals surface area contributed by atoms with E-state index in [9.17, 15) is 0 Å². The van der Waals surface area contributed by atoms with Crippen molar-refractivity contribution in [1.82, 2.24) is 10.2 Å². The fraction of sp³-hybridized carbons (Fsp3) is 0.765. The molecule has 118 valence electrons. The Hall–Kier alpha value is -0.0900. The van der Waals surface area contributed by atoms with Gasteiger partial charge in [-0.2, -0.15) is 0 Å². The molecule has 1 aliphatic carbocycles. The minimum absolute atomic E-state index is 0.392. The first kappa shape index (κ1) is 15.8. The second-order valence-electron chi connectivity index (χ2n) is 6.53. The summed E-state index contributed by atoms with van der Waals surface area (Å²) in [6.45, 7) is 5.89. The maximum absolute atomic E-state index is 6.13. The van der Waals surface area contributed by atoms with Crippen molar-refractivity contribution < 1.29 is 0 Å². The van der Waals surface area contributed by atoms with Crippen LogP contribution in [-0.2, 0) is 6.42 Å². The lowest BCUT2D eigenvalue weighted by atomic mass is 9.83. The number of hydrogen-bond acceptors (Lipinski definition) is 3. The summed E-state index contributed by atoms with van der Waals surface area (Å²) in [6.07, 6.45) is 9.40. The molecule has 1 saturated heterocycles. The monoisotopic (exact) mass is 326 g/mol. The molecule has 0 bridgehead atoms. The van der Waals surface area contributed by atoms with Crippen LogP contribution in [0.2, 0.25) is 4.34 Å². The first-order chi connectivity index (χ1) is 10.2. The summed E-state index contributed by atoms with van der Waals surface area (Å²) in [5.74, 6) is 0. The van der Waals surface area contributed by atoms with Gasteiger partial charge in [-0.15, -0.1) is 11.3 Å². The van der Waals surface area contributed by atoms with E-state index < -0.39 is 0 Å². The molecule has 1 saturated carbocycles. The van der Waals surface area contributed by atoms with Crippen LogP contribution in [0, 0.1) is 0 Å². The average Bonchev–Trinajstić information content (AvgIpc) is 3.20. The lowest BCUT2D eigenvalue weighted by Gasteiger charge is -2.45. The Morgan fingerprint density at radius 1 is 1.24 bits per heavy atom. The number of hydrogen-bond donors (Lipinski definition) is 1. The lowest BCUT2D eigenvalue weighted by molar-refractivity contribution is 0.0775. The van der Waals surface area contributed by atoms with Gasteiger partial charge in [0.15, 0.2) is 0 Å². The van der Waals surface area contributed by atoms with Gasteiger partial charge in [-0.25, -0.2) is 0 Å². The van der Waals surface area contributed by atoms with Gasteiger partial charge in [-0.3, -0.25) is 4.90 Å². The zero-order valence-electron chi connectivity index (χ0n) is 13.0. The van der Waals surface area contributed by atoms with Crippen LogP contribution in [-0.4, -0.2) is 36.1 Å². The van der Waals surface area contributed by atoms with Crippen LogP contribution in [0.25, 0.3) is 0 Å². The van der Waals surface area contributed by atoms with Crippen molar-refractivity contribution in [3.05, 3.63) is 21.3 Å². The quantitative estimate of drug-likeness (QED) is 0.837. The second-order valence-corrected chi connectivity index (χ2v) is 8.32. The van der Waals surface area contributed by atoms with Gasteiger partial charge in [0, 0.05) is 16.5 Å². The number of halogens is 1. The highest BCUT2D eigenvalue weighted by atomic mass is 35.5. The second kappa shape index (κ2) is 6.99. The van der Waals surface area contributed by atoms with E-state index in [0.717, 1.165) is 17.3 Å². The van der Waals surface area contributed by atoms with Gasteiger partial charge in [0.25, 0.3) is 0 Å². The number of nitrogens with one attached hydrogen (secondary N) is 1. The molecule has 0 spiro atoms. The van der Waals surface area contributed by atoms with Crippen molar-refractivity contribution in [2.75, 3.05) is 19.6 Å². The van der Waals surface area contributed by atoms with Crippen LogP contribution < -0.4 is 5.32 Å². The van der Waals surface area contributed by atoms with Gasteiger partial charge in [0.05, 0.1) is 4.34 Å². The smallest absolute Gasteiger partial charge is 0.0931 e. The highest BCUT2D eigenvalue weighted by Crippen LogP contribution is 2.41. The molecule has 1 aromatic rings. The largest absolute Gasteiger partial charge is 0.312 e. The molecular weight excluding hydrogens is 300 g/mol. The zero-order valence-corrected chi connectivity index (χ0v) is 14.6. The van der Waals surface area contributed by atoms with Crippen LogP contribution in [0.4, 0.5) is 0 Å². The Bertz CT molecular complexity index is 447. The van der Waals surface area contributed by atoms with E-state index in [2.05, 4.69) is 23.2 Å². The Labute approximate surface area is 137 Å². The molecule has 4 heteroatoms. The van der Waals surface area contributed by atoms with Gasteiger partial charge in [0.2, 0.25) is 0 Å². The van der Waals surface area contributed by atoms with Crippen LogP contribution in [0.1, 0.15) is 50.3 Å². The summed E-state index contributed by atoms with van der Waals surface area (Å²) >= 11 is 7.88. The molecule has 0 amide bonds. The summed E-state index contributed by atoms with van der Waals surface area (Å²) in [6, 6.07) is 4.82. The highest BCUT2D eigenvalue weighted by molar-refractivity contribution is 7.16. The first-order valence-electron chi connectivity index (χ1n) is 8.47. The van der Waals surface area contributed by atoms with Crippen LogP contribution in [0.15, 0.2) is 12.1 Å². The minimum Gasteiger partial charge on any atom is -0.312 e. The summed E-state index contributed by atoms with van der Waals surface area (Å²) in [4.78, 5) is 4.24. The average molecular weight is 327 g/mol. The van der Waals surface area contributed by atoms with E-state index in [1.807, 2.05) is 6.07 Å². The molecule has 0 aromatic carbocycles. The van der Waals surface area contributed by atoms with Crippen molar-refractivity contribution in [3.63, 3.8) is 0 Å². The number of likely N-dealkylation sites (tertiary alicyclic amines) is 1. The van der Waals surface area contributed by atoms with Gasteiger partial charge in [-0.05, 0) is 63.9 Å². The third kappa shape index (κ3) is 3.31. The molecule has 1 aromatic heterocycles. The Kier molecular flexibility index (Phi) is 5.26. The van der Waals surface area contributed by atoms with E-state index in [4.69, 9.17) is 11.6 Å². The Morgan fingerprint density at radius 2 is 1.95 bits per heavy atom. The van der Waals surface area contributed by atoms with E-state index >= 15 is 0 Å². The molecule has 1 aliphatic heterocycles. The van der Waals surface area contributed by atoms with Gasteiger partial charge < -0.3 is 5.32 Å². The number of thiophene rings is 1. The third-order valence-electron chi connectivity index (χ3n) is 5.34. The summed E-state index contributed by atoms with van der Waals surface area (Å²) in [5, 5.41) is 3.82. The van der Waals surface area contributed by atoms with Gasteiger partial charge in [-0.1, -0.05) is 31.4 Å². The van der Waals surface area contributed by atoms with E-state index in [1.165, 1.54) is 56.5 Å². The fourth-order valence-electron chi connectivity index (χ4n) is 4.40. The molecule has 3 rings (SSSR count). The fourth-order valence-corrected chi connectivity index (χ4v) is 5.53. The molecule has 0 radical (unpaired) electrons. The molecule has 2 heterocycles. The molecule has 2 nitrogen and oxygen atoms in total. The lowest BCUT2D eigenvalue weighted by Crippen LogP contribution is -2.60. The zero-order chi connectivity index (χ0) is 14.7. The van der Waals surface area contributed by atoms with Crippen LogP contribution >= 0.6 is 22.9 Å². The van der Waals surface area contributed by atoms with Crippen molar-refractivity contribution in [2.24, 2.45) is 0 Å². The van der Waals surface area contributed by atoms with Crippen molar-refractivity contribution in [3.8, 4) is 0 Å². The normalized spacial score (nSPS) is 23.7. The predicted molar refractivity (Wildman–Crippen MR) is 92.5 cm³/mol. The Morgan fingerprint density at radius 3 is 2.52 bits per heavy atom. The SMILES string of the molecule is CCNC(Cc1ccc(Cl)s1)C1(N2CCCC2)CCCC1. The van der Waals surface area contributed by atoms with E-state index in [-0.39, 0.29) is 0 Å². The number of likely N-dealkylation sites (N-methyl/N-ethyl adjacent to an activating group) is 1. The van der Waals surface area contributed by atoms with E-state index in [0.29, 0.717) is 11.6 Å². The maximum Gasteiger partial charge on any atom is 0.0931 e. The molecule has 1 N–H and O–H groups in total. The molecular formula is C17H27ClN2S. The Balaban J connectivity index is 1.81. The molecule has 2 aliphatic rings. The van der Waals surface area contributed by atoms with Crippen LogP contribution in [0.3, 0.4) is 0 Å². The first-order valence-corrected chi connectivity index (χ1v) is 9.67. The summed E-state index contributed by atoms with van der Waals surface area (Å²) in [7, 11) is 0. The van der Waals surface area contributed by atoms with Crippen molar-refractivity contribution >= 4 is 22.9 Å².